The summed E-state index contributed by atoms with van der Waals surface area (Å²) in [7, 11) is -1.84. The third-order valence-electron chi connectivity index (χ3n) is 1.47. The minimum absolute atomic E-state index is 0.290. The Balaban J connectivity index is 2.37. The van der Waals surface area contributed by atoms with E-state index >= 15 is 0 Å². The lowest BCUT2D eigenvalue weighted by Gasteiger charge is -2.02. The van der Waals surface area contributed by atoms with Crippen LogP contribution in [0.2, 0.25) is 0 Å². The van der Waals surface area contributed by atoms with E-state index in [4.69, 9.17) is 10.0 Å². The van der Waals surface area contributed by atoms with Gasteiger partial charge in [-0.25, -0.2) is 4.63 Å². The highest BCUT2D eigenvalue weighted by molar-refractivity contribution is 6.33. The molecule has 1 aromatic heterocycles. The van der Waals surface area contributed by atoms with Crippen molar-refractivity contribution < 1.29 is 19.3 Å². The van der Waals surface area contributed by atoms with Gasteiger partial charge in [-0.15, -0.1) is 0 Å². The monoisotopic (exact) mass is 180 g/mol. The molecule has 0 atom stereocenters. The fourth-order valence-corrected chi connectivity index (χ4v) is 0.957. The van der Waals surface area contributed by atoms with E-state index in [-0.39, 0.29) is 0 Å². The van der Waals surface area contributed by atoms with Gasteiger partial charge in [-0.1, -0.05) is 0 Å². The topological polar surface area (TPSA) is 88.6 Å². The van der Waals surface area contributed by atoms with Crippen LogP contribution < -0.4 is 4.65 Å². The second-order valence-corrected chi connectivity index (χ2v) is 2.36. The molecule has 66 valence electrons. The van der Waals surface area contributed by atoms with Crippen LogP contribution in [0.3, 0.4) is 0 Å². The normalized spacial score (nSPS) is 10.3. The number of aromatic nitrogens is 2. The molecule has 0 spiro atoms. The van der Waals surface area contributed by atoms with Gasteiger partial charge in [-0.2, -0.15) is 0 Å². The van der Waals surface area contributed by atoms with Crippen molar-refractivity contribution in [3.8, 4) is 5.75 Å². The van der Waals surface area contributed by atoms with E-state index in [1.54, 1.807) is 6.07 Å². The Morgan fingerprint density at radius 1 is 1.23 bits per heavy atom. The Labute approximate surface area is 72.9 Å². The van der Waals surface area contributed by atoms with E-state index in [0.717, 1.165) is 0 Å². The van der Waals surface area contributed by atoms with Gasteiger partial charge >= 0.3 is 7.32 Å². The maximum absolute atomic E-state index is 8.50. The highest BCUT2D eigenvalue weighted by Crippen LogP contribution is 2.17. The Bertz CT molecular complexity index is 416. The van der Waals surface area contributed by atoms with E-state index < -0.39 is 7.32 Å². The zero-order valence-corrected chi connectivity index (χ0v) is 6.41. The number of hydrogen-bond acceptors (Lipinski definition) is 6. The average Bonchev–Trinajstić information content (AvgIpc) is 2.49. The molecule has 0 radical (unpaired) electrons. The molecule has 0 saturated heterocycles. The fourth-order valence-electron chi connectivity index (χ4n) is 0.957. The second-order valence-electron chi connectivity index (χ2n) is 2.36. The largest absolute Gasteiger partial charge is 0.707 e. The molecule has 1 aromatic carbocycles. The first-order valence-electron chi connectivity index (χ1n) is 3.51. The van der Waals surface area contributed by atoms with Crippen LogP contribution in [0.15, 0.2) is 22.8 Å². The molecule has 0 unspecified atom stereocenters. The second kappa shape index (κ2) is 3.04. The van der Waals surface area contributed by atoms with Gasteiger partial charge in [0.25, 0.3) is 0 Å². The summed E-state index contributed by atoms with van der Waals surface area (Å²) in [5.74, 6) is 0.290. The predicted molar refractivity (Wildman–Crippen MR) is 42.6 cm³/mol. The first kappa shape index (κ1) is 8.02. The molecule has 0 amide bonds. The van der Waals surface area contributed by atoms with Gasteiger partial charge in [-0.05, 0) is 22.4 Å². The van der Waals surface area contributed by atoms with Crippen LogP contribution in [0, 0.1) is 0 Å². The van der Waals surface area contributed by atoms with Crippen LogP contribution in [0.5, 0.6) is 5.75 Å². The van der Waals surface area contributed by atoms with Crippen LogP contribution in [0.1, 0.15) is 0 Å². The summed E-state index contributed by atoms with van der Waals surface area (Å²) in [6.07, 6.45) is 0. The molecule has 0 aliphatic rings. The average molecular weight is 180 g/mol. The summed E-state index contributed by atoms with van der Waals surface area (Å²) in [4.78, 5) is 0. The summed E-state index contributed by atoms with van der Waals surface area (Å²) in [5.41, 5.74) is 1.08. The van der Waals surface area contributed by atoms with Crippen molar-refractivity contribution in [3.63, 3.8) is 0 Å². The minimum Gasteiger partial charge on any atom is -0.512 e. The van der Waals surface area contributed by atoms with Crippen molar-refractivity contribution >= 4 is 18.4 Å². The van der Waals surface area contributed by atoms with Gasteiger partial charge in [0.2, 0.25) is 0 Å². The molecule has 6 nitrogen and oxygen atoms in total. The molecule has 7 heteroatoms. The molecule has 0 bridgehead atoms. The molecule has 13 heavy (non-hydrogen) atoms. The number of rotatable bonds is 2. The molecule has 1 heterocycles. The van der Waals surface area contributed by atoms with Crippen LogP contribution >= 0.6 is 0 Å². The van der Waals surface area contributed by atoms with Crippen LogP contribution in [0.25, 0.3) is 11.0 Å². The van der Waals surface area contributed by atoms with E-state index in [1.807, 2.05) is 0 Å². The van der Waals surface area contributed by atoms with Crippen LogP contribution in [0.4, 0.5) is 0 Å². The first-order valence-corrected chi connectivity index (χ1v) is 3.51. The van der Waals surface area contributed by atoms with Gasteiger partial charge in [0.05, 0.1) is 0 Å². The van der Waals surface area contributed by atoms with Gasteiger partial charge in [0.15, 0.2) is 0 Å². The third kappa shape index (κ3) is 1.60. The summed E-state index contributed by atoms with van der Waals surface area (Å²) in [6.45, 7) is 0. The molecule has 0 fully saturated rings. The number of fused-ring (bicyclic) bond motifs is 1. The number of hydrogen-bond donors (Lipinski definition) is 2. The SMILES string of the molecule is OB(O)Oc1ccc2nonc2c1. The van der Waals surface area contributed by atoms with Crippen molar-refractivity contribution in [3.05, 3.63) is 18.2 Å². The molecular weight excluding hydrogens is 175 g/mol. The quantitative estimate of drug-likeness (QED) is 0.609. The number of benzene rings is 1. The first-order chi connectivity index (χ1) is 6.25. The van der Waals surface area contributed by atoms with Crippen LogP contribution in [-0.2, 0) is 0 Å². The standard InChI is InChI=1S/C6H5BN2O4/c10-7(11)12-4-1-2-5-6(3-4)9-13-8-5/h1-3,10-11H. The molecule has 2 aromatic rings. The van der Waals surface area contributed by atoms with Gasteiger partial charge in [-0.3, -0.25) is 0 Å². The van der Waals surface area contributed by atoms with Crippen molar-refractivity contribution in [2.75, 3.05) is 0 Å². The third-order valence-corrected chi connectivity index (χ3v) is 1.47. The minimum atomic E-state index is -1.84. The zero-order chi connectivity index (χ0) is 9.26. The van der Waals surface area contributed by atoms with Gasteiger partial charge < -0.3 is 14.7 Å². The van der Waals surface area contributed by atoms with Gasteiger partial charge in [0, 0.05) is 6.07 Å². The lowest BCUT2D eigenvalue weighted by atomic mass is 10.2. The van der Waals surface area contributed by atoms with Crippen molar-refractivity contribution in [1.82, 2.24) is 10.3 Å². The summed E-state index contributed by atoms with van der Waals surface area (Å²) >= 11 is 0. The maximum atomic E-state index is 8.50. The van der Waals surface area contributed by atoms with Crippen LogP contribution in [-0.4, -0.2) is 27.7 Å². The van der Waals surface area contributed by atoms with Gasteiger partial charge in [0.1, 0.15) is 16.8 Å². The Morgan fingerprint density at radius 2 is 2.00 bits per heavy atom. The van der Waals surface area contributed by atoms with E-state index in [2.05, 4.69) is 19.6 Å². The highest BCUT2D eigenvalue weighted by atomic mass is 16.6. The Hall–Kier alpha value is -1.60. The Morgan fingerprint density at radius 3 is 2.77 bits per heavy atom. The molecule has 0 aliphatic heterocycles. The Kier molecular flexibility index (Phi) is 1.88. The fraction of sp³-hybridized carbons (Fsp3) is 0. The molecule has 2 rings (SSSR count). The smallest absolute Gasteiger partial charge is 0.512 e. The lowest BCUT2D eigenvalue weighted by Crippen LogP contribution is -2.20. The van der Waals surface area contributed by atoms with E-state index in [9.17, 15) is 0 Å². The molecule has 0 saturated carbocycles. The van der Waals surface area contributed by atoms with E-state index in [0.29, 0.717) is 16.8 Å². The molecule has 0 aliphatic carbocycles. The van der Waals surface area contributed by atoms with E-state index in [1.165, 1.54) is 12.1 Å². The predicted octanol–water partition coefficient (Wildman–Crippen LogP) is -0.429. The summed E-state index contributed by atoms with van der Waals surface area (Å²) in [6, 6.07) is 4.63. The van der Waals surface area contributed by atoms with Crippen molar-refractivity contribution in [2.45, 2.75) is 0 Å². The molecule has 2 N–H and O–H groups in total. The summed E-state index contributed by atoms with van der Waals surface area (Å²) < 4.78 is 9.04. The maximum Gasteiger partial charge on any atom is 0.707 e. The van der Waals surface area contributed by atoms with Crippen molar-refractivity contribution in [2.24, 2.45) is 0 Å². The molecular formula is C6H5BN2O4. The highest BCUT2D eigenvalue weighted by Gasteiger charge is 2.11. The zero-order valence-electron chi connectivity index (χ0n) is 6.41. The number of nitrogens with zero attached hydrogens (tertiary/aromatic N) is 2. The lowest BCUT2D eigenvalue weighted by molar-refractivity contribution is 0.288. The summed E-state index contributed by atoms with van der Waals surface area (Å²) in [5, 5.41) is 24.1. The van der Waals surface area contributed by atoms with Crippen molar-refractivity contribution in [1.29, 1.82) is 0 Å².